The van der Waals surface area contributed by atoms with Crippen molar-refractivity contribution >= 4 is 39.9 Å². The van der Waals surface area contributed by atoms with Crippen LogP contribution in [-0.4, -0.2) is 53.3 Å². The lowest BCUT2D eigenvalue weighted by molar-refractivity contribution is 0.0694. The second-order valence-electron chi connectivity index (χ2n) is 7.62. The number of hydrogen-bond donors (Lipinski definition) is 2. The van der Waals surface area contributed by atoms with E-state index in [4.69, 9.17) is 22.2 Å². The molecule has 11 heteroatoms. The van der Waals surface area contributed by atoms with Gasteiger partial charge in [-0.15, -0.1) is 0 Å². The summed E-state index contributed by atoms with van der Waals surface area (Å²) >= 11 is 6.57. The van der Waals surface area contributed by atoms with Crippen LogP contribution in [0.5, 0.6) is 0 Å². The number of hydrogen-bond acceptors (Lipinski definition) is 6. The average molecular weight is 455 g/mol. The van der Waals surface area contributed by atoms with Crippen molar-refractivity contribution in [2.75, 3.05) is 24.6 Å². The molecule has 8 nitrogen and oxygen atoms in total. The Morgan fingerprint density at radius 1 is 1.48 bits per heavy atom. The predicted molar refractivity (Wildman–Crippen MR) is 113 cm³/mol. The van der Waals surface area contributed by atoms with Gasteiger partial charge in [0.15, 0.2) is 0 Å². The van der Waals surface area contributed by atoms with E-state index in [2.05, 4.69) is 5.16 Å². The first-order valence-electron chi connectivity index (χ1n) is 9.88. The minimum atomic E-state index is -1.47. The first kappa shape index (κ1) is 21.5. The number of carboxylic acid groups (broad SMARTS) is 1. The standard InChI is InChI=1S/C20H21ClF2N4O4/c1-2-31-25-14-3-4-26(8-13(14)24)18-12(23)5-9-17(16(18)21)27(15-6-11(15)22)7-10(19(9)28)20(29)30/h5,7,11,13,15H,2-4,6,8,24H2,1H3,(H,29,30)/t11-,13?,15+/m0/s1. The second-order valence-corrected chi connectivity index (χ2v) is 8.00. The predicted octanol–water partition coefficient (Wildman–Crippen LogP) is 2.71. The van der Waals surface area contributed by atoms with E-state index in [1.165, 1.54) is 4.57 Å². The quantitative estimate of drug-likeness (QED) is 0.672. The third kappa shape index (κ3) is 3.74. The Hall–Kier alpha value is -2.72. The van der Waals surface area contributed by atoms with Gasteiger partial charge in [-0.05, 0) is 13.0 Å². The van der Waals surface area contributed by atoms with Gasteiger partial charge in [0, 0.05) is 32.1 Å². The number of carboxylic acids is 1. The SMILES string of the molecule is CCON=C1CCN(c2c(F)cc3c(=O)c(C(=O)O)cn([C@@H]4C[C@@H]4F)c3c2Cl)CC1N. The summed E-state index contributed by atoms with van der Waals surface area (Å²) in [5.74, 6) is -2.26. The number of nitrogens with zero attached hydrogens (tertiary/aromatic N) is 3. The summed E-state index contributed by atoms with van der Waals surface area (Å²) in [7, 11) is 0. The fraction of sp³-hybridized carbons (Fsp3) is 0.450. The van der Waals surface area contributed by atoms with E-state index in [0.717, 1.165) is 12.3 Å². The number of anilines is 1. The Labute approximate surface area is 180 Å². The molecule has 2 aliphatic rings. The summed E-state index contributed by atoms with van der Waals surface area (Å²) in [6, 6.07) is -0.209. The largest absolute Gasteiger partial charge is 0.477 e. The lowest BCUT2D eigenvalue weighted by Gasteiger charge is -2.34. The lowest BCUT2D eigenvalue weighted by Crippen LogP contribution is -2.49. The monoisotopic (exact) mass is 454 g/mol. The maximum absolute atomic E-state index is 15.1. The molecule has 1 aromatic carbocycles. The van der Waals surface area contributed by atoms with Crippen LogP contribution in [0.25, 0.3) is 10.9 Å². The summed E-state index contributed by atoms with van der Waals surface area (Å²) in [6.45, 7) is 2.76. The van der Waals surface area contributed by atoms with Crippen LogP contribution in [0.4, 0.5) is 14.5 Å². The van der Waals surface area contributed by atoms with Crippen molar-refractivity contribution in [3.05, 3.63) is 38.9 Å². The van der Waals surface area contributed by atoms with Gasteiger partial charge in [-0.2, -0.15) is 0 Å². The number of piperidine rings is 1. The third-order valence-corrected chi connectivity index (χ3v) is 5.92. The number of alkyl halides is 1. The van der Waals surface area contributed by atoms with Gasteiger partial charge in [0.25, 0.3) is 0 Å². The van der Waals surface area contributed by atoms with Gasteiger partial charge in [-0.1, -0.05) is 16.8 Å². The van der Waals surface area contributed by atoms with Gasteiger partial charge in [0.1, 0.15) is 24.2 Å². The van der Waals surface area contributed by atoms with Gasteiger partial charge in [0.05, 0.1) is 39.4 Å². The number of benzene rings is 1. The third-order valence-electron chi connectivity index (χ3n) is 5.56. The van der Waals surface area contributed by atoms with Gasteiger partial charge >= 0.3 is 5.97 Å². The van der Waals surface area contributed by atoms with Crippen LogP contribution in [-0.2, 0) is 4.84 Å². The molecule has 2 aromatic rings. The summed E-state index contributed by atoms with van der Waals surface area (Å²) in [6.07, 6.45) is 0.470. The highest BCUT2D eigenvalue weighted by Crippen LogP contribution is 2.44. The first-order valence-corrected chi connectivity index (χ1v) is 10.3. The molecular weight excluding hydrogens is 434 g/mol. The van der Waals surface area contributed by atoms with Crippen LogP contribution in [0.3, 0.4) is 0 Å². The summed E-state index contributed by atoms with van der Waals surface area (Å²) in [5.41, 5.74) is 5.52. The normalized spacial score (nSPS) is 24.6. The molecule has 1 unspecified atom stereocenters. The van der Waals surface area contributed by atoms with Gasteiger partial charge in [-0.3, -0.25) is 4.79 Å². The molecule has 1 saturated heterocycles. The van der Waals surface area contributed by atoms with Gasteiger partial charge < -0.3 is 25.1 Å². The van der Waals surface area contributed by atoms with Crippen LogP contribution in [0.1, 0.15) is 36.2 Å². The zero-order chi connectivity index (χ0) is 22.4. The topological polar surface area (TPSA) is 110 Å². The molecule has 1 aliphatic heterocycles. The summed E-state index contributed by atoms with van der Waals surface area (Å²) in [5, 5.41) is 13.1. The van der Waals surface area contributed by atoms with Crippen LogP contribution in [0.15, 0.2) is 22.2 Å². The Balaban J connectivity index is 1.84. The molecule has 31 heavy (non-hydrogen) atoms. The molecule has 1 aromatic heterocycles. The number of rotatable bonds is 5. The van der Waals surface area contributed by atoms with Crippen LogP contribution >= 0.6 is 11.6 Å². The van der Waals surface area contributed by atoms with Crippen molar-refractivity contribution < 1.29 is 23.5 Å². The Morgan fingerprint density at radius 2 is 2.19 bits per heavy atom. The van der Waals surface area contributed by atoms with Crippen molar-refractivity contribution in [1.82, 2.24) is 4.57 Å². The van der Waals surface area contributed by atoms with Crippen molar-refractivity contribution in [3.63, 3.8) is 0 Å². The number of aromatic carboxylic acids is 1. The Morgan fingerprint density at radius 3 is 2.77 bits per heavy atom. The average Bonchev–Trinajstić information content (AvgIpc) is 3.44. The van der Waals surface area contributed by atoms with Gasteiger partial charge in [0.2, 0.25) is 5.43 Å². The van der Waals surface area contributed by atoms with E-state index in [1.807, 2.05) is 0 Å². The Bertz CT molecular complexity index is 1150. The smallest absolute Gasteiger partial charge is 0.341 e. The summed E-state index contributed by atoms with van der Waals surface area (Å²) < 4.78 is 30.3. The number of halogens is 3. The van der Waals surface area contributed by atoms with Gasteiger partial charge in [-0.25, -0.2) is 13.6 Å². The van der Waals surface area contributed by atoms with E-state index < -0.39 is 41.0 Å². The van der Waals surface area contributed by atoms with Crippen molar-refractivity contribution in [1.29, 1.82) is 0 Å². The molecule has 0 bridgehead atoms. The zero-order valence-electron chi connectivity index (χ0n) is 16.6. The number of oxime groups is 1. The molecule has 3 N–H and O–H groups in total. The molecule has 0 amide bonds. The van der Waals surface area contributed by atoms with Crippen molar-refractivity contribution in [2.24, 2.45) is 10.9 Å². The number of fused-ring (bicyclic) bond motifs is 1. The van der Waals surface area contributed by atoms with E-state index in [0.29, 0.717) is 25.3 Å². The molecule has 1 saturated carbocycles. The number of aromatic nitrogens is 1. The van der Waals surface area contributed by atoms with Crippen molar-refractivity contribution in [2.45, 2.75) is 38.0 Å². The zero-order valence-corrected chi connectivity index (χ0v) is 17.4. The highest BCUT2D eigenvalue weighted by Gasteiger charge is 2.41. The Kier molecular flexibility index (Phi) is 5.61. The fourth-order valence-electron chi connectivity index (χ4n) is 3.91. The lowest BCUT2D eigenvalue weighted by atomic mass is 10.0. The van der Waals surface area contributed by atoms with E-state index >= 15 is 4.39 Å². The number of carbonyl (C=O) groups is 1. The first-order chi connectivity index (χ1) is 14.7. The summed E-state index contributed by atoms with van der Waals surface area (Å²) in [4.78, 5) is 30.9. The molecular formula is C20H21ClF2N4O4. The minimum Gasteiger partial charge on any atom is -0.477 e. The minimum absolute atomic E-state index is 0.0346. The molecule has 166 valence electrons. The highest BCUT2D eigenvalue weighted by atomic mass is 35.5. The number of pyridine rings is 1. The van der Waals surface area contributed by atoms with Crippen LogP contribution in [0.2, 0.25) is 5.02 Å². The maximum Gasteiger partial charge on any atom is 0.341 e. The highest BCUT2D eigenvalue weighted by molar-refractivity contribution is 6.38. The molecule has 1 aliphatic carbocycles. The van der Waals surface area contributed by atoms with E-state index in [1.54, 1.807) is 11.8 Å². The number of nitrogens with two attached hydrogens (primary N) is 1. The molecule has 3 atom stereocenters. The molecule has 0 radical (unpaired) electrons. The van der Waals surface area contributed by atoms with Crippen LogP contribution in [0, 0.1) is 5.82 Å². The van der Waals surface area contributed by atoms with E-state index in [9.17, 15) is 19.1 Å². The van der Waals surface area contributed by atoms with Crippen molar-refractivity contribution in [3.8, 4) is 0 Å². The molecule has 2 fully saturated rings. The second kappa shape index (κ2) is 8.08. The fourth-order valence-corrected chi connectivity index (χ4v) is 4.32. The maximum atomic E-state index is 15.1. The van der Waals surface area contributed by atoms with Crippen LogP contribution < -0.4 is 16.1 Å². The molecule has 2 heterocycles. The molecule has 4 rings (SSSR count). The van der Waals surface area contributed by atoms with E-state index in [-0.39, 0.29) is 34.6 Å². The molecule has 0 spiro atoms.